The van der Waals surface area contributed by atoms with E-state index in [2.05, 4.69) is 18.3 Å². The van der Waals surface area contributed by atoms with Crippen molar-refractivity contribution in [1.82, 2.24) is 5.32 Å². The van der Waals surface area contributed by atoms with Crippen molar-refractivity contribution in [3.05, 3.63) is 29.3 Å². The molecule has 1 N–H and O–H groups in total. The van der Waals surface area contributed by atoms with Gasteiger partial charge < -0.3 is 10.1 Å². The SMILES string of the molecule is CC[C@@H](NC(=O)C1CC1)c1ccc(OC)c(C)c1. The van der Waals surface area contributed by atoms with E-state index in [4.69, 9.17) is 4.74 Å². The lowest BCUT2D eigenvalue weighted by Crippen LogP contribution is -2.29. The Hall–Kier alpha value is -1.51. The van der Waals surface area contributed by atoms with Crippen LogP contribution in [0.15, 0.2) is 18.2 Å². The summed E-state index contributed by atoms with van der Waals surface area (Å²) in [5.41, 5.74) is 2.26. The van der Waals surface area contributed by atoms with Crippen LogP contribution in [0.25, 0.3) is 0 Å². The van der Waals surface area contributed by atoms with Crippen LogP contribution in [0.5, 0.6) is 5.75 Å². The molecule has 0 bridgehead atoms. The summed E-state index contributed by atoms with van der Waals surface area (Å²) in [7, 11) is 1.67. The number of carbonyl (C=O) groups excluding carboxylic acids is 1. The van der Waals surface area contributed by atoms with Crippen molar-refractivity contribution in [2.24, 2.45) is 5.92 Å². The number of hydrogen-bond donors (Lipinski definition) is 1. The van der Waals surface area contributed by atoms with E-state index in [1.54, 1.807) is 7.11 Å². The fraction of sp³-hybridized carbons (Fsp3) is 0.533. The maximum absolute atomic E-state index is 11.8. The molecule has 0 radical (unpaired) electrons. The van der Waals surface area contributed by atoms with Crippen molar-refractivity contribution in [3.63, 3.8) is 0 Å². The van der Waals surface area contributed by atoms with Crippen molar-refractivity contribution in [2.45, 2.75) is 39.2 Å². The first-order chi connectivity index (χ1) is 8.65. The Morgan fingerprint density at radius 1 is 1.50 bits per heavy atom. The number of ether oxygens (including phenoxy) is 1. The third-order valence-corrected chi connectivity index (χ3v) is 3.49. The first kappa shape index (κ1) is 12.9. The molecule has 1 saturated carbocycles. The number of carbonyl (C=O) groups is 1. The van der Waals surface area contributed by atoms with Gasteiger partial charge in [0.15, 0.2) is 0 Å². The van der Waals surface area contributed by atoms with Crippen LogP contribution < -0.4 is 10.1 Å². The lowest BCUT2D eigenvalue weighted by Gasteiger charge is -2.18. The monoisotopic (exact) mass is 247 g/mol. The topological polar surface area (TPSA) is 38.3 Å². The van der Waals surface area contributed by atoms with E-state index in [9.17, 15) is 4.79 Å². The van der Waals surface area contributed by atoms with Gasteiger partial charge in [-0.05, 0) is 43.4 Å². The number of methoxy groups -OCH3 is 1. The molecule has 0 aliphatic heterocycles. The first-order valence-electron chi connectivity index (χ1n) is 6.60. The van der Waals surface area contributed by atoms with E-state index in [0.29, 0.717) is 0 Å². The van der Waals surface area contributed by atoms with E-state index >= 15 is 0 Å². The van der Waals surface area contributed by atoms with Crippen molar-refractivity contribution >= 4 is 5.91 Å². The summed E-state index contributed by atoms with van der Waals surface area (Å²) >= 11 is 0. The fourth-order valence-corrected chi connectivity index (χ4v) is 2.17. The highest BCUT2D eigenvalue weighted by molar-refractivity contribution is 5.81. The minimum atomic E-state index is 0.114. The van der Waals surface area contributed by atoms with Gasteiger partial charge in [0.25, 0.3) is 0 Å². The lowest BCUT2D eigenvalue weighted by atomic mass is 10.0. The maximum Gasteiger partial charge on any atom is 0.223 e. The van der Waals surface area contributed by atoms with Crippen LogP contribution in [-0.2, 0) is 4.79 Å². The molecule has 1 aromatic carbocycles. The summed E-state index contributed by atoms with van der Waals surface area (Å²) in [5, 5.41) is 3.13. The zero-order chi connectivity index (χ0) is 13.1. The molecule has 3 nitrogen and oxygen atoms in total. The van der Waals surface area contributed by atoms with Crippen LogP contribution >= 0.6 is 0 Å². The molecule has 98 valence electrons. The number of amides is 1. The quantitative estimate of drug-likeness (QED) is 0.868. The zero-order valence-corrected chi connectivity index (χ0v) is 11.3. The summed E-state index contributed by atoms with van der Waals surface area (Å²) in [5.74, 6) is 1.36. The summed E-state index contributed by atoms with van der Waals surface area (Å²) in [6, 6.07) is 6.21. The van der Waals surface area contributed by atoms with Crippen LogP contribution in [0, 0.1) is 12.8 Å². The highest BCUT2D eigenvalue weighted by atomic mass is 16.5. The van der Waals surface area contributed by atoms with Gasteiger partial charge in [0.05, 0.1) is 13.2 Å². The van der Waals surface area contributed by atoms with Crippen molar-refractivity contribution in [1.29, 1.82) is 0 Å². The molecule has 0 unspecified atom stereocenters. The van der Waals surface area contributed by atoms with Crippen molar-refractivity contribution in [2.75, 3.05) is 7.11 Å². The first-order valence-corrected chi connectivity index (χ1v) is 6.60. The molecule has 1 aliphatic rings. The molecule has 0 saturated heterocycles. The van der Waals surface area contributed by atoms with Gasteiger partial charge in [0.2, 0.25) is 5.91 Å². The summed E-state index contributed by atoms with van der Waals surface area (Å²) < 4.78 is 5.26. The van der Waals surface area contributed by atoms with Crippen LogP contribution in [0.4, 0.5) is 0 Å². The number of aryl methyl sites for hydroxylation is 1. The molecular formula is C15H21NO2. The van der Waals surface area contributed by atoms with Crippen LogP contribution in [0.1, 0.15) is 43.4 Å². The highest BCUT2D eigenvalue weighted by Crippen LogP contribution is 2.31. The van der Waals surface area contributed by atoms with Gasteiger partial charge in [0.1, 0.15) is 5.75 Å². The lowest BCUT2D eigenvalue weighted by molar-refractivity contribution is -0.123. The van der Waals surface area contributed by atoms with E-state index in [0.717, 1.165) is 36.1 Å². The van der Waals surface area contributed by atoms with Crippen molar-refractivity contribution < 1.29 is 9.53 Å². The Balaban J connectivity index is 2.11. The zero-order valence-electron chi connectivity index (χ0n) is 11.3. The van der Waals surface area contributed by atoms with Crippen molar-refractivity contribution in [3.8, 4) is 5.75 Å². The Labute approximate surface area is 109 Å². The van der Waals surface area contributed by atoms with E-state index in [1.165, 1.54) is 0 Å². The predicted octanol–water partition coefficient (Wildman–Crippen LogP) is 2.98. The molecule has 0 heterocycles. The molecule has 2 rings (SSSR count). The molecule has 1 aliphatic carbocycles. The van der Waals surface area contributed by atoms with Gasteiger partial charge in [-0.1, -0.05) is 19.1 Å². The van der Waals surface area contributed by atoms with Crippen LogP contribution in [0.2, 0.25) is 0 Å². The molecule has 1 amide bonds. The predicted molar refractivity (Wildman–Crippen MR) is 71.6 cm³/mol. The van der Waals surface area contributed by atoms with Gasteiger partial charge in [-0.15, -0.1) is 0 Å². The third-order valence-electron chi connectivity index (χ3n) is 3.49. The number of rotatable bonds is 5. The third kappa shape index (κ3) is 2.84. The van der Waals surface area contributed by atoms with Crippen LogP contribution in [0.3, 0.4) is 0 Å². The van der Waals surface area contributed by atoms with Gasteiger partial charge >= 0.3 is 0 Å². The van der Waals surface area contributed by atoms with E-state index in [-0.39, 0.29) is 17.9 Å². The average Bonchev–Trinajstić information content (AvgIpc) is 3.19. The second kappa shape index (κ2) is 5.42. The number of nitrogens with one attached hydrogen (secondary N) is 1. The molecule has 1 aromatic rings. The smallest absolute Gasteiger partial charge is 0.223 e. The normalized spacial score (nSPS) is 16.2. The van der Waals surface area contributed by atoms with Gasteiger partial charge in [0, 0.05) is 5.92 Å². The second-order valence-electron chi connectivity index (χ2n) is 4.97. The van der Waals surface area contributed by atoms with Gasteiger partial charge in [-0.25, -0.2) is 0 Å². The Morgan fingerprint density at radius 3 is 2.72 bits per heavy atom. The summed E-state index contributed by atoms with van der Waals surface area (Å²) in [6.07, 6.45) is 3.00. The molecule has 1 atom stereocenters. The van der Waals surface area contributed by atoms with Gasteiger partial charge in [-0.2, -0.15) is 0 Å². The van der Waals surface area contributed by atoms with Gasteiger partial charge in [-0.3, -0.25) is 4.79 Å². The standard InChI is InChI=1S/C15H21NO2/c1-4-13(16-15(17)11-5-6-11)12-7-8-14(18-3)10(2)9-12/h7-9,11,13H,4-6H2,1-3H3,(H,16,17)/t13-/m1/s1. The fourth-order valence-electron chi connectivity index (χ4n) is 2.17. The molecule has 18 heavy (non-hydrogen) atoms. The molecular weight excluding hydrogens is 226 g/mol. The second-order valence-corrected chi connectivity index (χ2v) is 4.97. The molecule has 0 spiro atoms. The van der Waals surface area contributed by atoms with E-state index < -0.39 is 0 Å². The molecule has 1 fully saturated rings. The minimum Gasteiger partial charge on any atom is -0.496 e. The van der Waals surface area contributed by atoms with E-state index in [1.807, 2.05) is 19.1 Å². The molecule has 3 heteroatoms. The summed E-state index contributed by atoms with van der Waals surface area (Å²) in [4.78, 5) is 11.8. The number of hydrogen-bond acceptors (Lipinski definition) is 2. The Bertz CT molecular complexity index is 438. The number of benzene rings is 1. The largest absolute Gasteiger partial charge is 0.496 e. The molecule has 0 aromatic heterocycles. The Morgan fingerprint density at radius 2 is 2.22 bits per heavy atom. The summed E-state index contributed by atoms with van der Waals surface area (Å²) in [6.45, 7) is 4.12. The average molecular weight is 247 g/mol. The minimum absolute atomic E-state index is 0.114. The Kier molecular flexibility index (Phi) is 3.90. The highest BCUT2D eigenvalue weighted by Gasteiger charge is 2.30. The van der Waals surface area contributed by atoms with Crippen LogP contribution in [-0.4, -0.2) is 13.0 Å². The maximum atomic E-state index is 11.8.